The molecule has 0 aliphatic heterocycles. The van der Waals surface area contributed by atoms with Gasteiger partial charge in [-0.25, -0.2) is 4.57 Å². The van der Waals surface area contributed by atoms with Gasteiger partial charge in [0.2, 0.25) is 5.52 Å². The first kappa shape index (κ1) is 24.4. The van der Waals surface area contributed by atoms with Gasteiger partial charge >= 0.3 is 0 Å². The standard InChI is InChI=1S/C34H41N2Si/c1-9-37(10-2,11-3)25-19-23-17-18-35(8)33-29-22(4)15-16-26-30-24(21-34(5,6)7)13-12-14-27(30)36(32(26)29)28(20-25)31(23)33/h12-20H,9-11,21H2,1-8H3/q+1. The van der Waals surface area contributed by atoms with Crippen LogP contribution in [0.1, 0.15) is 52.7 Å². The van der Waals surface area contributed by atoms with E-state index in [9.17, 15) is 0 Å². The lowest BCUT2D eigenvalue weighted by Gasteiger charge is -2.29. The molecule has 3 aromatic heterocycles. The largest absolute Gasteiger partial charge is 0.307 e. The molecule has 0 bridgehead atoms. The van der Waals surface area contributed by atoms with Gasteiger partial charge in [0.1, 0.15) is 7.05 Å². The van der Waals surface area contributed by atoms with Crippen LogP contribution in [0.25, 0.3) is 49.0 Å². The van der Waals surface area contributed by atoms with E-state index in [0.717, 1.165) is 6.42 Å². The van der Waals surface area contributed by atoms with Crippen molar-refractivity contribution < 1.29 is 4.57 Å². The maximum Gasteiger partial charge on any atom is 0.224 e. The van der Waals surface area contributed by atoms with E-state index in [2.05, 4.69) is 119 Å². The molecule has 6 rings (SSSR count). The highest BCUT2D eigenvalue weighted by molar-refractivity contribution is 6.92. The molecule has 3 heterocycles. The fourth-order valence-corrected chi connectivity index (χ4v) is 10.9. The number of rotatable bonds is 5. The lowest BCUT2D eigenvalue weighted by molar-refractivity contribution is -0.643. The fourth-order valence-electron chi connectivity index (χ4n) is 7.23. The summed E-state index contributed by atoms with van der Waals surface area (Å²) in [4.78, 5) is 0. The van der Waals surface area contributed by atoms with Crippen molar-refractivity contribution in [3.8, 4) is 0 Å². The summed E-state index contributed by atoms with van der Waals surface area (Å²) in [7, 11) is 0.659. The molecule has 0 N–H and O–H groups in total. The molecule has 3 aromatic carbocycles. The van der Waals surface area contributed by atoms with Crippen LogP contribution < -0.4 is 9.75 Å². The van der Waals surface area contributed by atoms with E-state index in [1.165, 1.54) is 78.3 Å². The first-order valence-electron chi connectivity index (χ1n) is 14.2. The van der Waals surface area contributed by atoms with E-state index in [0.29, 0.717) is 0 Å². The second-order valence-corrected chi connectivity index (χ2v) is 17.9. The van der Waals surface area contributed by atoms with Crippen molar-refractivity contribution in [2.45, 2.75) is 73.0 Å². The molecule has 0 saturated heterocycles. The van der Waals surface area contributed by atoms with Crippen LogP contribution in [0, 0.1) is 12.3 Å². The lowest BCUT2D eigenvalue weighted by atomic mass is 9.86. The van der Waals surface area contributed by atoms with Gasteiger partial charge in [-0.05, 0) is 47.4 Å². The molecule has 0 aliphatic carbocycles. The summed E-state index contributed by atoms with van der Waals surface area (Å²) >= 11 is 0. The second kappa shape index (κ2) is 8.29. The zero-order valence-electron chi connectivity index (χ0n) is 23.9. The number of aryl methyl sites for hydroxylation is 2. The first-order valence-corrected chi connectivity index (χ1v) is 16.8. The Morgan fingerprint density at radius 2 is 1.57 bits per heavy atom. The monoisotopic (exact) mass is 505 g/mol. The van der Waals surface area contributed by atoms with Gasteiger partial charge in [0.15, 0.2) is 6.20 Å². The number of pyridine rings is 2. The fraction of sp³-hybridized carbons (Fsp3) is 0.382. The number of hydrogen-bond donors (Lipinski definition) is 0. The van der Waals surface area contributed by atoms with E-state index in [1.54, 1.807) is 5.19 Å². The van der Waals surface area contributed by atoms with Gasteiger partial charge in [-0.2, -0.15) is 0 Å². The third-order valence-corrected chi connectivity index (χ3v) is 14.9. The van der Waals surface area contributed by atoms with Gasteiger partial charge in [-0.3, -0.25) is 0 Å². The molecule has 0 unspecified atom stereocenters. The molecule has 0 atom stereocenters. The lowest BCUT2D eigenvalue weighted by Crippen LogP contribution is -2.45. The van der Waals surface area contributed by atoms with Gasteiger partial charge in [0.25, 0.3) is 0 Å². The Morgan fingerprint density at radius 1 is 0.838 bits per heavy atom. The Balaban J connectivity index is 1.93. The van der Waals surface area contributed by atoms with Gasteiger partial charge in [0.05, 0.1) is 35.4 Å². The van der Waals surface area contributed by atoms with Gasteiger partial charge in [-0.1, -0.05) is 95.2 Å². The highest BCUT2D eigenvalue weighted by Gasteiger charge is 2.32. The minimum absolute atomic E-state index is 0.230. The van der Waals surface area contributed by atoms with Crippen molar-refractivity contribution in [1.29, 1.82) is 0 Å². The van der Waals surface area contributed by atoms with E-state index in [4.69, 9.17) is 0 Å². The van der Waals surface area contributed by atoms with Crippen molar-refractivity contribution in [2.75, 3.05) is 0 Å². The minimum Gasteiger partial charge on any atom is -0.307 e. The first-order chi connectivity index (χ1) is 17.6. The molecule has 0 amide bonds. The summed E-state index contributed by atoms with van der Waals surface area (Å²) in [6, 6.07) is 23.1. The van der Waals surface area contributed by atoms with Crippen LogP contribution in [0.15, 0.2) is 54.7 Å². The zero-order valence-corrected chi connectivity index (χ0v) is 24.9. The molecule has 0 fully saturated rings. The van der Waals surface area contributed by atoms with Crippen molar-refractivity contribution in [3.05, 3.63) is 65.9 Å². The molecule has 3 heteroatoms. The maximum atomic E-state index is 2.64. The van der Waals surface area contributed by atoms with Crippen LogP contribution in [-0.4, -0.2) is 12.5 Å². The normalized spacial score (nSPS) is 13.3. The molecule has 0 spiro atoms. The highest BCUT2D eigenvalue weighted by Crippen LogP contribution is 2.42. The summed E-state index contributed by atoms with van der Waals surface area (Å²) in [5.74, 6) is 0. The van der Waals surface area contributed by atoms with Crippen LogP contribution in [0.4, 0.5) is 0 Å². The Morgan fingerprint density at radius 3 is 2.24 bits per heavy atom. The van der Waals surface area contributed by atoms with Gasteiger partial charge in [-0.15, -0.1) is 0 Å². The van der Waals surface area contributed by atoms with Crippen molar-refractivity contribution >= 4 is 62.3 Å². The quantitative estimate of drug-likeness (QED) is 0.0961. The SMILES string of the molecule is CC[Si](CC)(CC)c1cc2cc[n+](C)c3c4c(C)ccc5c6c(CC(C)(C)C)cccc6n(c(c1)c23)c54. The summed E-state index contributed by atoms with van der Waals surface area (Å²) < 4.78 is 4.99. The number of benzene rings is 3. The summed E-state index contributed by atoms with van der Waals surface area (Å²) in [5, 5.41) is 8.65. The number of fused-ring (bicyclic) bond motifs is 5. The Bertz CT molecular complexity index is 1800. The molecule has 190 valence electrons. The van der Waals surface area contributed by atoms with Gasteiger partial charge in [0, 0.05) is 16.8 Å². The van der Waals surface area contributed by atoms with Crippen LogP contribution in [0.2, 0.25) is 18.1 Å². The highest BCUT2D eigenvalue weighted by atomic mass is 28.3. The Hall–Kier alpha value is -2.91. The number of aromatic nitrogens is 2. The van der Waals surface area contributed by atoms with E-state index >= 15 is 0 Å². The molecule has 6 aromatic rings. The number of nitrogens with zero attached hydrogens (tertiary/aromatic N) is 2. The summed E-state index contributed by atoms with van der Waals surface area (Å²) in [6.07, 6.45) is 3.35. The van der Waals surface area contributed by atoms with Gasteiger partial charge < -0.3 is 4.40 Å². The van der Waals surface area contributed by atoms with Crippen LogP contribution in [0.3, 0.4) is 0 Å². The van der Waals surface area contributed by atoms with Crippen LogP contribution >= 0.6 is 0 Å². The molecular formula is C34H41N2Si+. The van der Waals surface area contributed by atoms with E-state index < -0.39 is 8.07 Å². The van der Waals surface area contributed by atoms with Crippen LogP contribution in [-0.2, 0) is 13.5 Å². The average molecular weight is 506 g/mol. The van der Waals surface area contributed by atoms with E-state index in [-0.39, 0.29) is 5.41 Å². The molecule has 2 nitrogen and oxygen atoms in total. The second-order valence-electron chi connectivity index (χ2n) is 12.6. The Kier molecular flexibility index (Phi) is 5.48. The Labute approximate surface area is 222 Å². The third kappa shape index (κ3) is 3.39. The zero-order chi connectivity index (χ0) is 26.3. The van der Waals surface area contributed by atoms with Crippen molar-refractivity contribution in [2.24, 2.45) is 12.5 Å². The topological polar surface area (TPSA) is 8.29 Å². The average Bonchev–Trinajstić information content (AvgIpc) is 3.21. The van der Waals surface area contributed by atoms with E-state index in [1.807, 2.05) is 0 Å². The smallest absolute Gasteiger partial charge is 0.224 e. The molecule has 0 aliphatic rings. The summed E-state index contributed by atoms with van der Waals surface area (Å²) in [6.45, 7) is 16.6. The van der Waals surface area contributed by atoms with Crippen molar-refractivity contribution in [1.82, 2.24) is 4.40 Å². The van der Waals surface area contributed by atoms with Crippen LogP contribution in [0.5, 0.6) is 0 Å². The molecular weight excluding hydrogens is 464 g/mol. The molecule has 0 saturated carbocycles. The molecule has 37 heavy (non-hydrogen) atoms. The summed E-state index contributed by atoms with van der Waals surface area (Å²) in [5.41, 5.74) is 8.55. The maximum absolute atomic E-state index is 2.64. The minimum atomic E-state index is -1.56. The number of hydrogen-bond acceptors (Lipinski definition) is 0. The molecule has 0 radical (unpaired) electrons. The predicted molar refractivity (Wildman–Crippen MR) is 165 cm³/mol. The van der Waals surface area contributed by atoms with Crippen molar-refractivity contribution in [3.63, 3.8) is 0 Å². The third-order valence-electron chi connectivity index (χ3n) is 9.31. The predicted octanol–water partition coefficient (Wildman–Crippen LogP) is 8.43.